The molecule has 0 radical (unpaired) electrons. The van der Waals surface area contributed by atoms with E-state index in [1.54, 1.807) is 0 Å². The summed E-state index contributed by atoms with van der Waals surface area (Å²) in [6.07, 6.45) is 34.0. The maximum Gasteiger partial charge on any atom is 0.220 e. The van der Waals surface area contributed by atoms with Crippen molar-refractivity contribution in [3.63, 3.8) is 0 Å². The van der Waals surface area contributed by atoms with E-state index in [1.165, 1.54) is 57.8 Å². The summed E-state index contributed by atoms with van der Waals surface area (Å²) in [5, 5.41) is 54.1. The Morgan fingerprint density at radius 3 is 1.77 bits per heavy atom. The number of nitrogens with one attached hydrogen (secondary N) is 1. The molecule has 1 saturated heterocycles. The van der Waals surface area contributed by atoms with Crippen molar-refractivity contribution in [2.75, 3.05) is 13.2 Å². The van der Waals surface area contributed by atoms with E-state index in [1.807, 2.05) is 0 Å². The number of allylic oxidation sites excluding steroid dienone is 8. The minimum Gasteiger partial charge on any atom is -0.394 e. The van der Waals surface area contributed by atoms with Crippen LogP contribution in [0, 0.1) is 0 Å². The van der Waals surface area contributed by atoms with Crippen LogP contribution in [0.5, 0.6) is 0 Å². The van der Waals surface area contributed by atoms with Crippen LogP contribution in [0.3, 0.4) is 0 Å². The second-order valence-corrected chi connectivity index (χ2v) is 14.4. The molecule has 9 nitrogen and oxygen atoms in total. The summed E-state index contributed by atoms with van der Waals surface area (Å²) in [4.78, 5) is 12.9. The van der Waals surface area contributed by atoms with Gasteiger partial charge in [0.2, 0.25) is 5.91 Å². The first-order valence-corrected chi connectivity index (χ1v) is 20.8. The smallest absolute Gasteiger partial charge is 0.220 e. The van der Waals surface area contributed by atoms with Gasteiger partial charge in [0.25, 0.3) is 0 Å². The first kappa shape index (κ1) is 48.2. The summed E-state index contributed by atoms with van der Waals surface area (Å²) in [7, 11) is 0. The molecule has 7 unspecified atom stereocenters. The van der Waals surface area contributed by atoms with Crippen LogP contribution >= 0.6 is 0 Å². The fraction of sp³-hybridized carbons (Fsp3) is 0.791. The molecule has 0 saturated carbocycles. The normalized spacial score (nSPS) is 22.3. The highest BCUT2D eigenvalue weighted by molar-refractivity contribution is 5.76. The van der Waals surface area contributed by atoms with Crippen LogP contribution in [0.4, 0.5) is 0 Å². The fourth-order valence-corrected chi connectivity index (χ4v) is 6.33. The van der Waals surface area contributed by atoms with Crippen molar-refractivity contribution >= 4 is 5.91 Å². The average Bonchev–Trinajstić information content (AvgIpc) is 3.14. The molecular weight excluding hydrogens is 658 g/mol. The summed E-state index contributed by atoms with van der Waals surface area (Å²) in [6, 6.07) is -0.731. The third kappa shape index (κ3) is 24.5. The SMILES string of the molecule is CC/C=C\C/C=C\C/C=C\C/C=C\CCCCCCC(=O)NC(COC1OC(CO)C(O)C(O)C1O)C(O)CCCCCCCCCCCCCC. The number of hydrogen-bond donors (Lipinski definition) is 6. The van der Waals surface area contributed by atoms with Gasteiger partial charge in [-0.05, 0) is 51.4 Å². The molecule has 0 aliphatic carbocycles. The molecule has 1 heterocycles. The zero-order valence-electron chi connectivity index (χ0n) is 32.8. The van der Waals surface area contributed by atoms with Gasteiger partial charge >= 0.3 is 0 Å². The molecule has 7 atom stereocenters. The van der Waals surface area contributed by atoms with E-state index in [0.717, 1.165) is 77.0 Å². The molecule has 1 aliphatic heterocycles. The van der Waals surface area contributed by atoms with E-state index in [9.17, 15) is 30.3 Å². The maximum atomic E-state index is 12.9. The van der Waals surface area contributed by atoms with E-state index in [-0.39, 0.29) is 12.5 Å². The lowest BCUT2D eigenvalue weighted by atomic mass is 9.99. The molecular formula is C43H77NO8. The summed E-state index contributed by atoms with van der Waals surface area (Å²) >= 11 is 0. The van der Waals surface area contributed by atoms with Crippen molar-refractivity contribution in [2.45, 2.75) is 204 Å². The molecule has 1 fully saturated rings. The van der Waals surface area contributed by atoms with Crippen LogP contribution in [0.15, 0.2) is 48.6 Å². The summed E-state index contributed by atoms with van der Waals surface area (Å²) in [6.45, 7) is 3.67. The standard InChI is InChI=1S/C43H77NO8/c1-3-5-7-9-11-13-15-17-18-19-20-21-23-25-27-29-31-33-39(47)44-36(35-51-43-42(50)41(49)40(48)38(34-45)52-43)37(46)32-30-28-26-24-22-16-14-12-10-8-6-4-2/h5,7,11,13,17-18,20-21,36-38,40-43,45-46,48-50H,3-4,6,8-10,12,14-16,19,22-35H2,1-2H3,(H,44,47)/b7-5-,13-11-,18-17-,21-20-. The molecule has 0 aromatic heterocycles. The number of aliphatic hydroxyl groups is 5. The van der Waals surface area contributed by atoms with Crippen LogP contribution in [0.25, 0.3) is 0 Å². The number of amides is 1. The van der Waals surface area contributed by atoms with Crippen LogP contribution in [-0.2, 0) is 14.3 Å². The lowest BCUT2D eigenvalue weighted by molar-refractivity contribution is -0.302. The molecule has 0 spiro atoms. The van der Waals surface area contributed by atoms with Crippen LogP contribution in [0.2, 0.25) is 0 Å². The second-order valence-electron chi connectivity index (χ2n) is 14.4. The molecule has 6 N–H and O–H groups in total. The largest absolute Gasteiger partial charge is 0.394 e. The minimum absolute atomic E-state index is 0.150. The summed E-state index contributed by atoms with van der Waals surface area (Å²) < 4.78 is 11.2. The topological polar surface area (TPSA) is 149 Å². The first-order chi connectivity index (χ1) is 25.3. The van der Waals surface area contributed by atoms with Crippen molar-refractivity contribution in [2.24, 2.45) is 0 Å². The summed E-state index contributed by atoms with van der Waals surface area (Å²) in [5.74, 6) is -0.171. The Balaban J connectivity index is 2.40. The Morgan fingerprint density at radius 2 is 1.19 bits per heavy atom. The van der Waals surface area contributed by atoms with Crippen LogP contribution in [0.1, 0.15) is 162 Å². The third-order valence-electron chi connectivity index (χ3n) is 9.70. The summed E-state index contributed by atoms with van der Waals surface area (Å²) in [5.41, 5.74) is 0. The van der Waals surface area contributed by atoms with Crippen LogP contribution < -0.4 is 5.32 Å². The van der Waals surface area contributed by atoms with Crippen LogP contribution in [-0.4, -0.2) is 87.5 Å². The zero-order valence-corrected chi connectivity index (χ0v) is 32.8. The van der Waals surface area contributed by atoms with Gasteiger partial charge < -0.3 is 40.3 Å². The number of carbonyl (C=O) groups excluding carboxylic acids is 1. The Kier molecular flexibility index (Phi) is 31.2. The average molecular weight is 736 g/mol. The van der Waals surface area contributed by atoms with Crippen molar-refractivity contribution in [3.8, 4) is 0 Å². The van der Waals surface area contributed by atoms with Gasteiger partial charge in [0.05, 0.1) is 25.4 Å². The molecule has 1 aliphatic rings. The molecule has 9 heteroatoms. The quantitative estimate of drug-likeness (QED) is 0.0295. The van der Waals surface area contributed by atoms with E-state index in [0.29, 0.717) is 12.8 Å². The van der Waals surface area contributed by atoms with Crippen molar-refractivity contribution in [1.82, 2.24) is 5.32 Å². The van der Waals surface area contributed by atoms with Gasteiger partial charge in [-0.25, -0.2) is 0 Å². The van der Waals surface area contributed by atoms with Gasteiger partial charge in [-0.15, -0.1) is 0 Å². The van der Waals surface area contributed by atoms with Gasteiger partial charge in [0, 0.05) is 6.42 Å². The molecule has 52 heavy (non-hydrogen) atoms. The van der Waals surface area contributed by atoms with Gasteiger partial charge in [-0.2, -0.15) is 0 Å². The predicted octanol–water partition coefficient (Wildman–Crippen LogP) is 7.89. The molecule has 0 aromatic carbocycles. The van der Waals surface area contributed by atoms with Crippen molar-refractivity contribution in [1.29, 1.82) is 0 Å². The second kappa shape index (κ2) is 33.7. The highest BCUT2D eigenvalue weighted by atomic mass is 16.7. The molecule has 302 valence electrons. The Labute approximate surface area is 316 Å². The molecule has 1 rings (SSSR count). The van der Waals surface area contributed by atoms with Crippen molar-refractivity contribution < 1.29 is 39.8 Å². The fourth-order valence-electron chi connectivity index (χ4n) is 6.33. The van der Waals surface area contributed by atoms with Gasteiger partial charge in [-0.3, -0.25) is 4.79 Å². The number of hydrogen-bond acceptors (Lipinski definition) is 8. The Hall–Kier alpha value is -1.85. The first-order valence-electron chi connectivity index (χ1n) is 20.8. The van der Waals surface area contributed by atoms with Crippen molar-refractivity contribution in [3.05, 3.63) is 48.6 Å². The Morgan fingerprint density at radius 1 is 0.673 bits per heavy atom. The number of unbranched alkanes of at least 4 members (excludes halogenated alkanes) is 15. The van der Waals surface area contributed by atoms with Gasteiger partial charge in [0.15, 0.2) is 6.29 Å². The monoisotopic (exact) mass is 736 g/mol. The lowest BCUT2D eigenvalue weighted by Gasteiger charge is -2.40. The number of rotatable bonds is 33. The van der Waals surface area contributed by atoms with E-state index in [2.05, 4.69) is 67.8 Å². The zero-order chi connectivity index (χ0) is 38.1. The maximum absolute atomic E-state index is 12.9. The lowest BCUT2D eigenvalue weighted by Crippen LogP contribution is -2.60. The number of carbonyl (C=O) groups is 1. The van der Waals surface area contributed by atoms with Gasteiger partial charge in [-0.1, -0.05) is 152 Å². The van der Waals surface area contributed by atoms with E-state index < -0.39 is 49.5 Å². The van der Waals surface area contributed by atoms with E-state index in [4.69, 9.17) is 9.47 Å². The number of aliphatic hydroxyl groups excluding tert-OH is 5. The van der Waals surface area contributed by atoms with E-state index >= 15 is 0 Å². The number of ether oxygens (including phenoxy) is 2. The highest BCUT2D eigenvalue weighted by Gasteiger charge is 2.44. The Bertz CT molecular complexity index is 951. The molecule has 0 bridgehead atoms. The van der Waals surface area contributed by atoms with Gasteiger partial charge in [0.1, 0.15) is 24.4 Å². The molecule has 1 amide bonds. The predicted molar refractivity (Wildman–Crippen MR) is 212 cm³/mol. The highest BCUT2D eigenvalue weighted by Crippen LogP contribution is 2.23. The third-order valence-corrected chi connectivity index (χ3v) is 9.70. The minimum atomic E-state index is -1.56. The molecule has 0 aromatic rings.